The highest BCUT2D eigenvalue weighted by atomic mass is 32.2. The van der Waals surface area contributed by atoms with E-state index in [1.807, 2.05) is 18.3 Å². The molecule has 0 radical (unpaired) electrons. The molecule has 1 aromatic heterocycles. The fraction of sp³-hybridized carbons (Fsp3) is 0.125. The van der Waals surface area contributed by atoms with Gasteiger partial charge in [0.1, 0.15) is 21.5 Å². The Balaban J connectivity index is 0.000000199. The third kappa shape index (κ3) is 5.63. The summed E-state index contributed by atoms with van der Waals surface area (Å²) in [4.78, 5) is 1.14. The lowest BCUT2D eigenvalue weighted by Gasteiger charge is -2.05. The molecule has 4 rings (SSSR count). The Morgan fingerprint density at radius 1 is 0.833 bits per heavy atom. The second-order valence-corrected chi connectivity index (χ2v) is 9.10. The topological polar surface area (TPSA) is 61.1 Å². The summed E-state index contributed by atoms with van der Waals surface area (Å²) in [6.07, 6.45) is 2.25. The van der Waals surface area contributed by atoms with Gasteiger partial charge in [0.15, 0.2) is 6.20 Å². The molecule has 4 nitrogen and oxygen atoms in total. The summed E-state index contributed by atoms with van der Waals surface area (Å²) in [5.41, 5.74) is 3.51. The van der Waals surface area contributed by atoms with E-state index in [1.54, 1.807) is 12.1 Å². The van der Waals surface area contributed by atoms with Crippen LogP contribution in [-0.2, 0) is 16.7 Å². The molecule has 4 aromatic rings. The van der Waals surface area contributed by atoms with E-state index in [9.17, 15) is 13.0 Å². The summed E-state index contributed by atoms with van der Waals surface area (Å²) in [6.45, 7) is 5.00. The highest BCUT2D eigenvalue weighted by molar-refractivity contribution is 7.85. The number of thiazole rings is 1. The largest absolute Gasteiger partial charge is 0.744 e. The van der Waals surface area contributed by atoms with Crippen molar-refractivity contribution in [2.45, 2.75) is 25.3 Å². The van der Waals surface area contributed by atoms with Gasteiger partial charge in [-0.3, -0.25) is 0 Å². The molecule has 0 bridgehead atoms. The average molecular weight is 438 g/mol. The van der Waals surface area contributed by atoms with Crippen LogP contribution in [0.25, 0.3) is 21.0 Å². The Labute approximate surface area is 181 Å². The first-order valence-corrected chi connectivity index (χ1v) is 11.8. The molecule has 0 unspecified atom stereocenters. The molecule has 1 heterocycles. The van der Waals surface area contributed by atoms with Gasteiger partial charge in [0.2, 0.25) is 0 Å². The zero-order chi connectivity index (χ0) is 21.6. The minimum atomic E-state index is -4.27. The van der Waals surface area contributed by atoms with Crippen molar-refractivity contribution in [2.24, 2.45) is 0 Å². The van der Waals surface area contributed by atoms with Gasteiger partial charge in [-0.25, -0.2) is 8.42 Å². The van der Waals surface area contributed by atoms with Gasteiger partial charge in [0.25, 0.3) is 5.01 Å². The molecule has 3 aromatic carbocycles. The highest BCUT2D eigenvalue weighted by Gasteiger charge is 2.18. The third-order valence-electron chi connectivity index (χ3n) is 4.47. The van der Waals surface area contributed by atoms with Crippen LogP contribution in [0.2, 0.25) is 0 Å². The van der Waals surface area contributed by atoms with E-state index in [-0.39, 0.29) is 4.90 Å². The van der Waals surface area contributed by atoms with Crippen molar-refractivity contribution in [1.29, 1.82) is 0 Å². The quantitative estimate of drug-likeness (QED) is 0.322. The van der Waals surface area contributed by atoms with Crippen LogP contribution >= 0.6 is 11.3 Å². The number of aryl methyl sites for hydroxylation is 2. The SMILES string of the molecule is CC[n+]1cc(-c2ccccc2)sc1-c1ccccc1.Cc1ccc(S(=O)(=O)[O-])cc1. The van der Waals surface area contributed by atoms with Crippen LogP contribution in [0.15, 0.2) is 96.0 Å². The monoisotopic (exact) mass is 437 g/mol. The van der Waals surface area contributed by atoms with E-state index in [1.165, 1.54) is 33.1 Å². The molecule has 0 aliphatic carbocycles. The van der Waals surface area contributed by atoms with Gasteiger partial charge in [0, 0.05) is 0 Å². The number of hydrogen-bond acceptors (Lipinski definition) is 4. The predicted molar refractivity (Wildman–Crippen MR) is 120 cm³/mol. The number of rotatable bonds is 4. The molecule has 0 saturated carbocycles. The molecule has 0 aliphatic heterocycles. The maximum atomic E-state index is 10.4. The molecule has 0 N–H and O–H groups in total. The molecule has 0 spiro atoms. The normalized spacial score (nSPS) is 10.9. The Hall–Kier alpha value is -2.80. The number of aromatic nitrogens is 1. The second kappa shape index (κ2) is 9.80. The van der Waals surface area contributed by atoms with Gasteiger partial charge in [-0.1, -0.05) is 77.6 Å². The third-order valence-corrected chi connectivity index (χ3v) is 6.54. The van der Waals surface area contributed by atoms with E-state index in [4.69, 9.17) is 0 Å². The van der Waals surface area contributed by atoms with Crippen molar-refractivity contribution in [2.75, 3.05) is 0 Å². The standard InChI is InChI=1S/C17H16NS.C7H8O3S/c1-2-18-13-16(14-9-5-3-6-10-14)19-17(18)15-11-7-4-8-12-15;1-6-2-4-7(5-3-6)11(8,9)10/h3-13H,2H2,1H3;2-5H,1H3,(H,8,9,10)/q+1;/p-1. The average Bonchev–Trinajstić information content (AvgIpc) is 3.20. The number of benzene rings is 3. The minimum Gasteiger partial charge on any atom is -0.744 e. The van der Waals surface area contributed by atoms with Crippen LogP contribution < -0.4 is 4.57 Å². The van der Waals surface area contributed by atoms with Crippen LogP contribution in [0.5, 0.6) is 0 Å². The van der Waals surface area contributed by atoms with E-state index < -0.39 is 10.1 Å². The molecule has 6 heteroatoms. The number of nitrogens with zero attached hydrogens (tertiary/aromatic N) is 1. The van der Waals surface area contributed by atoms with Crippen molar-refractivity contribution in [1.82, 2.24) is 0 Å². The summed E-state index contributed by atoms with van der Waals surface area (Å²) in [5.74, 6) is 0. The van der Waals surface area contributed by atoms with Gasteiger partial charge >= 0.3 is 0 Å². The van der Waals surface area contributed by atoms with Crippen LogP contribution in [0.4, 0.5) is 0 Å². The Kier molecular flexibility index (Phi) is 7.15. The molecule has 0 fully saturated rings. The van der Waals surface area contributed by atoms with Crippen molar-refractivity contribution in [3.8, 4) is 21.0 Å². The molecule has 0 atom stereocenters. The fourth-order valence-corrected chi connectivity index (χ4v) is 4.54. The van der Waals surface area contributed by atoms with Gasteiger partial charge in [-0.2, -0.15) is 4.57 Å². The second-order valence-electron chi connectivity index (χ2n) is 6.69. The van der Waals surface area contributed by atoms with Gasteiger partial charge in [-0.15, -0.1) is 0 Å². The van der Waals surface area contributed by atoms with Gasteiger partial charge in [-0.05, 0) is 43.7 Å². The summed E-state index contributed by atoms with van der Waals surface area (Å²) in [6, 6.07) is 27.0. The first-order chi connectivity index (χ1) is 14.4. The smallest absolute Gasteiger partial charge is 0.269 e. The van der Waals surface area contributed by atoms with Crippen LogP contribution in [0.3, 0.4) is 0 Å². The fourth-order valence-electron chi connectivity index (χ4n) is 2.87. The summed E-state index contributed by atoms with van der Waals surface area (Å²) < 4.78 is 33.5. The van der Waals surface area contributed by atoms with Crippen molar-refractivity contribution >= 4 is 21.5 Å². The van der Waals surface area contributed by atoms with E-state index in [0.717, 1.165) is 12.1 Å². The summed E-state index contributed by atoms with van der Waals surface area (Å²) >= 11 is 1.85. The highest BCUT2D eigenvalue weighted by Crippen LogP contribution is 2.30. The summed E-state index contributed by atoms with van der Waals surface area (Å²) in [7, 11) is -4.27. The molecule has 0 saturated heterocycles. The molecule has 0 aliphatic rings. The lowest BCUT2D eigenvalue weighted by atomic mass is 10.2. The Bertz CT molecular complexity index is 1180. The van der Waals surface area contributed by atoms with Crippen LogP contribution in [-0.4, -0.2) is 13.0 Å². The Morgan fingerprint density at radius 2 is 1.37 bits per heavy atom. The zero-order valence-electron chi connectivity index (χ0n) is 16.9. The molecule has 154 valence electrons. The molecule has 30 heavy (non-hydrogen) atoms. The van der Waals surface area contributed by atoms with Gasteiger partial charge < -0.3 is 4.55 Å². The van der Waals surface area contributed by atoms with Crippen molar-refractivity contribution in [3.05, 3.63) is 96.7 Å². The van der Waals surface area contributed by atoms with E-state index in [0.29, 0.717) is 0 Å². The summed E-state index contributed by atoms with van der Waals surface area (Å²) in [5, 5.41) is 1.32. The molecule has 0 amide bonds. The van der Waals surface area contributed by atoms with E-state index in [2.05, 4.69) is 78.4 Å². The number of hydrogen-bond donors (Lipinski definition) is 0. The maximum absolute atomic E-state index is 10.4. The van der Waals surface area contributed by atoms with Crippen LogP contribution in [0.1, 0.15) is 12.5 Å². The van der Waals surface area contributed by atoms with Crippen LogP contribution in [0, 0.1) is 6.92 Å². The molecular weight excluding hydrogens is 414 g/mol. The Morgan fingerprint density at radius 3 is 1.87 bits per heavy atom. The zero-order valence-corrected chi connectivity index (χ0v) is 18.5. The first-order valence-electron chi connectivity index (χ1n) is 9.55. The molecular formula is C24H23NO3S2. The van der Waals surface area contributed by atoms with E-state index >= 15 is 0 Å². The lowest BCUT2D eigenvalue weighted by molar-refractivity contribution is -0.678. The lowest BCUT2D eigenvalue weighted by Crippen LogP contribution is -2.31. The van der Waals surface area contributed by atoms with Crippen molar-refractivity contribution < 1.29 is 17.5 Å². The predicted octanol–water partition coefficient (Wildman–Crippen LogP) is 5.29. The minimum absolute atomic E-state index is 0.178. The first kappa shape index (κ1) is 21.9. The van der Waals surface area contributed by atoms with Crippen molar-refractivity contribution in [3.63, 3.8) is 0 Å². The van der Waals surface area contributed by atoms with Gasteiger partial charge in [0.05, 0.1) is 10.5 Å². The maximum Gasteiger partial charge on any atom is 0.269 e.